The van der Waals surface area contributed by atoms with Gasteiger partial charge in [-0.1, -0.05) is 18.2 Å². The number of benzene rings is 2. The molecule has 12 heteroatoms. The Morgan fingerprint density at radius 3 is 2.67 bits per heavy atom. The molecule has 3 N–H and O–H groups in total. The topological polar surface area (TPSA) is 133 Å². The summed E-state index contributed by atoms with van der Waals surface area (Å²) in [5, 5.41) is 16.5. The third kappa shape index (κ3) is 4.92. The molecular weight excluding hydrogens is 571 g/mol. The Morgan fingerprint density at radius 2 is 1.88 bits per heavy atom. The Labute approximate surface area is 248 Å². The number of aromatic nitrogens is 4. The van der Waals surface area contributed by atoms with Crippen LogP contribution in [0.25, 0.3) is 43.5 Å². The monoisotopic (exact) mass is 598 g/mol. The first-order valence-corrected chi connectivity index (χ1v) is 14.6. The maximum atomic E-state index is 14.3. The zero-order valence-corrected chi connectivity index (χ0v) is 24.0. The SMILES string of the molecule is CC(c1oc(=O)c2ccccc2c1-c1ccc(CN2CCOCC2)s1)n1nc(-c2cc(O)cc(F)c2)c2c(N)ncnc21. The fourth-order valence-electron chi connectivity index (χ4n) is 5.63. The quantitative estimate of drug-likeness (QED) is 0.266. The molecule has 4 aromatic heterocycles. The van der Waals surface area contributed by atoms with Gasteiger partial charge in [-0.05, 0) is 37.3 Å². The lowest BCUT2D eigenvalue weighted by atomic mass is 10.0. The highest BCUT2D eigenvalue weighted by Gasteiger charge is 2.27. The smallest absolute Gasteiger partial charge is 0.343 e. The summed E-state index contributed by atoms with van der Waals surface area (Å²) in [6.45, 7) is 5.85. The number of nitrogens with two attached hydrogens (primary N) is 1. The number of halogens is 1. The first-order chi connectivity index (χ1) is 20.9. The van der Waals surface area contributed by atoms with Crippen molar-refractivity contribution in [3.05, 3.63) is 87.8 Å². The van der Waals surface area contributed by atoms with Crippen molar-refractivity contribution in [1.82, 2.24) is 24.6 Å². The second kappa shape index (κ2) is 10.9. The minimum Gasteiger partial charge on any atom is -0.508 e. The van der Waals surface area contributed by atoms with E-state index in [1.807, 2.05) is 25.1 Å². The van der Waals surface area contributed by atoms with E-state index in [9.17, 15) is 14.3 Å². The Morgan fingerprint density at radius 1 is 1.09 bits per heavy atom. The zero-order valence-electron chi connectivity index (χ0n) is 23.2. The van der Waals surface area contributed by atoms with Crippen molar-refractivity contribution in [3.8, 4) is 27.4 Å². The van der Waals surface area contributed by atoms with E-state index in [0.717, 1.165) is 54.7 Å². The van der Waals surface area contributed by atoms with Crippen LogP contribution in [0.15, 0.2) is 70.1 Å². The number of hydrogen-bond donors (Lipinski definition) is 2. The van der Waals surface area contributed by atoms with Crippen LogP contribution in [-0.4, -0.2) is 56.1 Å². The number of anilines is 1. The summed E-state index contributed by atoms with van der Waals surface area (Å²) in [6.07, 6.45) is 1.32. The molecule has 6 aromatic rings. The van der Waals surface area contributed by atoms with E-state index in [0.29, 0.717) is 33.4 Å². The highest BCUT2D eigenvalue weighted by molar-refractivity contribution is 7.15. The second-order valence-electron chi connectivity index (χ2n) is 10.5. The van der Waals surface area contributed by atoms with Gasteiger partial charge in [0.15, 0.2) is 5.65 Å². The number of aromatic hydroxyl groups is 1. The molecule has 0 radical (unpaired) electrons. The molecule has 2 aromatic carbocycles. The first kappa shape index (κ1) is 27.2. The molecule has 10 nitrogen and oxygen atoms in total. The number of morpholine rings is 1. The standard InChI is InChI=1S/C31H27FN6O4S/c1-17(38-30-26(29(33)34-16-35-30)27(36-38)18-12-19(32)14-20(39)13-18)28-25(22-4-2-3-5-23(22)31(40)42-28)24-7-6-21(43-24)15-37-8-10-41-11-9-37/h2-7,12-14,16-17,39H,8-11,15H2,1H3,(H2,33,34,35). The molecular formula is C31H27FN6O4S. The highest BCUT2D eigenvalue weighted by Crippen LogP contribution is 2.41. The van der Waals surface area contributed by atoms with Gasteiger partial charge >= 0.3 is 5.63 Å². The van der Waals surface area contributed by atoms with E-state index in [4.69, 9.17) is 20.0 Å². The van der Waals surface area contributed by atoms with Crippen molar-refractivity contribution in [2.24, 2.45) is 0 Å². The molecule has 1 saturated heterocycles. The zero-order chi connectivity index (χ0) is 29.7. The third-order valence-corrected chi connectivity index (χ3v) is 8.76. The summed E-state index contributed by atoms with van der Waals surface area (Å²) in [5.41, 5.74) is 7.58. The van der Waals surface area contributed by atoms with Gasteiger partial charge in [0.1, 0.15) is 41.2 Å². The van der Waals surface area contributed by atoms with E-state index in [1.165, 1.54) is 23.3 Å². The normalized spacial score (nSPS) is 14.9. The number of hydrogen-bond acceptors (Lipinski definition) is 10. The van der Waals surface area contributed by atoms with E-state index < -0.39 is 17.5 Å². The summed E-state index contributed by atoms with van der Waals surface area (Å²) in [5.74, 6) is -0.337. The maximum Gasteiger partial charge on any atom is 0.343 e. The molecule has 1 fully saturated rings. The van der Waals surface area contributed by atoms with E-state index in [2.05, 4.69) is 27.0 Å². The van der Waals surface area contributed by atoms with Crippen molar-refractivity contribution in [2.45, 2.75) is 19.5 Å². The van der Waals surface area contributed by atoms with E-state index >= 15 is 0 Å². The molecule has 0 saturated carbocycles. The lowest BCUT2D eigenvalue weighted by Gasteiger charge is -2.25. The van der Waals surface area contributed by atoms with Crippen LogP contribution in [-0.2, 0) is 11.3 Å². The lowest BCUT2D eigenvalue weighted by Crippen LogP contribution is -2.35. The average Bonchev–Trinajstić information content (AvgIpc) is 3.62. The van der Waals surface area contributed by atoms with Gasteiger partial charge in [0.05, 0.1) is 24.0 Å². The number of nitrogens with zero attached hydrogens (tertiary/aromatic N) is 5. The number of rotatable bonds is 6. The van der Waals surface area contributed by atoms with Crippen LogP contribution in [0.3, 0.4) is 0 Å². The van der Waals surface area contributed by atoms with Gasteiger partial charge in [0, 0.05) is 52.0 Å². The largest absolute Gasteiger partial charge is 0.508 e. The summed E-state index contributed by atoms with van der Waals surface area (Å²) < 4.78 is 27.5. The van der Waals surface area contributed by atoms with E-state index in [1.54, 1.807) is 22.1 Å². The number of phenols is 1. The lowest BCUT2D eigenvalue weighted by molar-refractivity contribution is 0.0346. The van der Waals surface area contributed by atoms with Gasteiger partial charge in [-0.2, -0.15) is 5.10 Å². The van der Waals surface area contributed by atoms with Crippen molar-refractivity contribution < 1.29 is 18.7 Å². The number of thiophene rings is 1. The minimum absolute atomic E-state index is 0.147. The molecule has 1 aliphatic heterocycles. The van der Waals surface area contributed by atoms with Crippen LogP contribution in [0.1, 0.15) is 23.6 Å². The molecule has 1 atom stereocenters. The summed E-state index contributed by atoms with van der Waals surface area (Å²) in [4.78, 5) is 26.4. The van der Waals surface area contributed by atoms with Crippen molar-refractivity contribution in [3.63, 3.8) is 0 Å². The molecule has 218 valence electrons. The first-order valence-electron chi connectivity index (χ1n) is 13.8. The van der Waals surface area contributed by atoms with Gasteiger partial charge < -0.3 is 20.0 Å². The van der Waals surface area contributed by atoms with Crippen LogP contribution in [0.2, 0.25) is 0 Å². The Kier molecular flexibility index (Phi) is 6.88. The van der Waals surface area contributed by atoms with Gasteiger partial charge in [0.25, 0.3) is 0 Å². The molecule has 0 bridgehead atoms. The van der Waals surface area contributed by atoms with E-state index in [-0.39, 0.29) is 11.6 Å². The van der Waals surface area contributed by atoms with Crippen LogP contribution in [0.4, 0.5) is 10.2 Å². The van der Waals surface area contributed by atoms with Crippen LogP contribution < -0.4 is 11.4 Å². The molecule has 7 rings (SSSR count). The minimum atomic E-state index is -0.634. The summed E-state index contributed by atoms with van der Waals surface area (Å²) in [7, 11) is 0. The molecule has 0 spiro atoms. The van der Waals surface area contributed by atoms with Gasteiger partial charge in [-0.15, -0.1) is 11.3 Å². The molecule has 43 heavy (non-hydrogen) atoms. The van der Waals surface area contributed by atoms with Crippen LogP contribution in [0.5, 0.6) is 5.75 Å². The molecule has 0 aliphatic carbocycles. The van der Waals surface area contributed by atoms with Gasteiger partial charge in [-0.25, -0.2) is 23.8 Å². The van der Waals surface area contributed by atoms with Crippen molar-refractivity contribution in [1.29, 1.82) is 0 Å². The predicted molar refractivity (Wildman–Crippen MR) is 163 cm³/mol. The fourth-order valence-corrected chi connectivity index (χ4v) is 6.75. The molecule has 1 aliphatic rings. The van der Waals surface area contributed by atoms with Gasteiger partial charge in [0.2, 0.25) is 0 Å². The fraction of sp³-hybridized carbons (Fsp3) is 0.226. The van der Waals surface area contributed by atoms with Crippen LogP contribution >= 0.6 is 11.3 Å². The third-order valence-electron chi connectivity index (χ3n) is 7.68. The average molecular weight is 599 g/mol. The van der Waals surface area contributed by atoms with Crippen LogP contribution in [0, 0.1) is 5.82 Å². The summed E-state index contributed by atoms with van der Waals surface area (Å²) >= 11 is 1.65. The number of phenolic OH excluding ortho intramolecular Hbond substituents is 1. The Bertz CT molecular complexity index is 2030. The predicted octanol–water partition coefficient (Wildman–Crippen LogP) is 5.20. The second-order valence-corrected chi connectivity index (χ2v) is 11.6. The maximum absolute atomic E-state index is 14.3. The number of nitrogen functional groups attached to an aromatic ring is 1. The molecule has 0 amide bonds. The highest BCUT2D eigenvalue weighted by atomic mass is 32.1. The molecule has 5 heterocycles. The Hall–Kier alpha value is -4.65. The van der Waals surface area contributed by atoms with Gasteiger partial charge in [-0.3, -0.25) is 4.90 Å². The number of ether oxygens (including phenoxy) is 1. The number of fused-ring (bicyclic) bond motifs is 2. The van der Waals surface area contributed by atoms with Crippen molar-refractivity contribution >= 4 is 39.0 Å². The summed E-state index contributed by atoms with van der Waals surface area (Å²) in [6, 6.07) is 14.6. The van der Waals surface area contributed by atoms with Crippen molar-refractivity contribution in [2.75, 3.05) is 32.0 Å². The Balaban J connectivity index is 1.40. The molecule has 1 unspecified atom stereocenters.